The van der Waals surface area contributed by atoms with Crippen molar-refractivity contribution in [3.63, 3.8) is 0 Å². The van der Waals surface area contributed by atoms with Gasteiger partial charge in [-0.05, 0) is 12.5 Å². The number of nitrogens with one attached hydrogen (secondary N) is 1. The molecule has 1 N–H and O–H groups in total. The number of hydrogen-bond acceptors (Lipinski definition) is 7. The summed E-state index contributed by atoms with van der Waals surface area (Å²) in [5.74, 6) is 0.840. The number of imidazole rings is 1. The smallest absolute Gasteiger partial charge is 0.270 e. The number of carbonyl (C=O) groups is 1. The second kappa shape index (κ2) is 9.48. The van der Waals surface area contributed by atoms with Crippen molar-refractivity contribution in [1.29, 1.82) is 0 Å². The molecular weight excluding hydrogens is 430 g/mol. The summed E-state index contributed by atoms with van der Waals surface area (Å²) in [6, 6.07) is 17.9. The third kappa shape index (κ3) is 5.03. The average Bonchev–Trinajstić information content (AvgIpc) is 3.38. The summed E-state index contributed by atoms with van der Waals surface area (Å²) in [5, 5.41) is 18.3. The first-order chi connectivity index (χ1) is 15.5. The Kier molecular flexibility index (Phi) is 6.31. The first-order valence-corrected chi connectivity index (χ1v) is 10.7. The van der Waals surface area contributed by atoms with Gasteiger partial charge >= 0.3 is 0 Å². The molecule has 2 aromatic heterocycles. The summed E-state index contributed by atoms with van der Waals surface area (Å²) in [5.41, 5.74) is 2.46. The van der Waals surface area contributed by atoms with Crippen LogP contribution in [-0.2, 0) is 11.3 Å². The molecular formula is C22H19N5O4S. The molecule has 4 aromatic rings. The molecule has 0 fully saturated rings. The van der Waals surface area contributed by atoms with Crippen molar-refractivity contribution in [3.05, 3.63) is 88.3 Å². The van der Waals surface area contributed by atoms with Crippen LogP contribution in [0.2, 0.25) is 0 Å². The maximum atomic E-state index is 12.3. The number of hydrogen-bond donors (Lipinski definition) is 1. The van der Waals surface area contributed by atoms with Gasteiger partial charge in [0.15, 0.2) is 11.0 Å². The quantitative estimate of drug-likeness (QED) is 0.239. The maximum absolute atomic E-state index is 12.3. The minimum absolute atomic E-state index is 0.00597. The molecule has 0 radical (unpaired) electrons. The monoisotopic (exact) mass is 449 g/mol. The second-order valence-corrected chi connectivity index (χ2v) is 7.91. The van der Waals surface area contributed by atoms with Crippen LogP contribution in [0.25, 0.3) is 11.3 Å². The number of non-ortho nitro benzene ring substituents is 1. The molecule has 2 heterocycles. The fourth-order valence-corrected chi connectivity index (χ4v) is 3.91. The lowest BCUT2D eigenvalue weighted by atomic mass is 10.1. The van der Waals surface area contributed by atoms with Gasteiger partial charge in [-0.25, -0.2) is 4.98 Å². The fourth-order valence-electron chi connectivity index (χ4n) is 3.14. The Bertz CT molecular complexity index is 1250. The lowest BCUT2D eigenvalue weighted by molar-refractivity contribution is -0.384. The van der Waals surface area contributed by atoms with E-state index in [1.807, 2.05) is 34.9 Å². The summed E-state index contributed by atoms with van der Waals surface area (Å²) in [6.07, 6.45) is 1.67. The molecule has 0 aliphatic rings. The largest absolute Gasteiger partial charge is 0.360 e. The Balaban J connectivity index is 1.59. The first-order valence-electron chi connectivity index (χ1n) is 9.70. The van der Waals surface area contributed by atoms with E-state index in [-0.39, 0.29) is 17.3 Å². The Morgan fingerprint density at radius 3 is 2.72 bits per heavy atom. The summed E-state index contributed by atoms with van der Waals surface area (Å²) in [7, 11) is 0. The van der Waals surface area contributed by atoms with E-state index in [4.69, 9.17) is 4.52 Å². The number of anilines is 1. The first kappa shape index (κ1) is 21.3. The number of nitro benzene ring substituents is 1. The van der Waals surface area contributed by atoms with Crippen LogP contribution in [0.3, 0.4) is 0 Å². The Morgan fingerprint density at radius 1 is 1.19 bits per heavy atom. The van der Waals surface area contributed by atoms with Crippen molar-refractivity contribution in [1.82, 2.24) is 14.7 Å². The standard InChI is InChI=1S/C22H19N5O4S/c1-15-10-20(25-31-15)24-21(28)14-32-22-23-12-19(17-8-5-9-18(11-17)27(29)30)26(22)13-16-6-3-2-4-7-16/h2-12H,13-14H2,1H3,(H,24,25,28). The van der Waals surface area contributed by atoms with Crippen LogP contribution in [0.15, 0.2) is 76.5 Å². The van der Waals surface area contributed by atoms with Crippen molar-refractivity contribution in [2.24, 2.45) is 0 Å². The number of nitrogens with zero attached hydrogens (tertiary/aromatic N) is 4. The lowest BCUT2D eigenvalue weighted by Crippen LogP contribution is -2.15. The van der Waals surface area contributed by atoms with Gasteiger partial charge in [0.2, 0.25) is 5.91 Å². The Labute approximate surface area is 187 Å². The number of rotatable bonds is 8. The molecule has 0 aliphatic carbocycles. The molecule has 0 saturated carbocycles. The predicted molar refractivity (Wildman–Crippen MR) is 120 cm³/mol. The van der Waals surface area contributed by atoms with Gasteiger partial charge < -0.3 is 14.4 Å². The Hall–Kier alpha value is -3.92. The molecule has 0 unspecified atom stereocenters. The van der Waals surface area contributed by atoms with E-state index in [0.29, 0.717) is 28.8 Å². The van der Waals surface area contributed by atoms with Crippen LogP contribution >= 0.6 is 11.8 Å². The number of benzene rings is 2. The topological polar surface area (TPSA) is 116 Å². The number of carbonyl (C=O) groups excluding carboxylic acids is 1. The molecule has 162 valence electrons. The van der Waals surface area contributed by atoms with E-state index in [1.54, 1.807) is 31.3 Å². The molecule has 32 heavy (non-hydrogen) atoms. The van der Waals surface area contributed by atoms with E-state index in [1.165, 1.54) is 23.9 Å². The molecule has 1 amide bonds. The number of amides is 1. The van der Waals surface area contributed by atoms with Crippen LogP contribution in [0.1, 0.15) is 11.3 Å². The maximum Gasteiger partial charge on any atom is 0.270 e. The van der Waals surface area contributed by atoms with Gasteiger partial charge in [-0.15, -0.1) is 0 Å². The highest BCUT2D eigenvalue weighted by Crippen LogP contribution is 2.29. The highest BCUT2D eigenvalue weighted by atomic mass is 32.2. The highest BCUT2D eigenvalue weighted by molar-refractivity contribution is 7.99. The second-order valence-electron chi connectivity index (χ2n) is 6.96. The number of aromatic nitrogens is 3. The van der Waals surface area contributed by atoms with Crippen LogP contribution in [0.5, 0.6) is 0 Å². The van der Waals surface area contributed by atoms with Gasteiger partial charge in [-0.1, -0.05) is 59.4 Å². The van der Waals surface area contributed by atoms with Gasteiger partial charge in [0.1, 0.15) is 5.76 Å². The summed E-state index contributed by atoms with van der Waals surface area (Å²) >= 11 is 1.27. The molecule has 0 bridgehead atoms. The average molecular weight is 449 g/mol. The van der Waals surface area contributed by atoms with E-state index in [9.17, 15) is 14.9 Å². The third-order valence-electron chi connectivity index (χ3n) is 4.58. The van der Waals surface area contributed by atoms with E-state index in [0.717, 1.165) is 11.3 Å². The molecule has 0 spiro atoms. The van der Waals surface area contributed by atoms with Crippen molar-refractivity contribution >= 4 is 29.2 Å². The molecule has 0 atom stereocenters. The van der Waals surface area contributed by atoms with Gasteiger partial charge in [0, 0.05) is 23.8 Å². The number of thioether (sulfide) groups is 1. The van der Waals surface area contributed by atoms with Crippen LogP contribution in [-0.4, -0.2) is 31.3 Å². The molecule has 10 heteroatoms. The summed E-state index contributed by atoms with van der Waals surface area (Å²) in [4.78, 5) is 27.6. The normalized spacial score (nSPS) is 10.8. The number of aryl methyl sites for hydroxylation is 1. The van der Waals surface area contributed by atoms with Gasteiger partial charge in [-0.3, -0.25) is 14.9 Å². The van der Waals surface area contributed by atoms with Crippen molar-refractivity contribution in [3.8, 4) is 11.3 Å². The van der Waals surface area contributed by atoms with Gasteiger partial charge in [-0.2, -0.15) is 0 Å². The van der Waals surface area contributed by atoms with E-state index < -0.39 is 4.92 Å². The van der Waals surface area contributed by atoms with E-state index >= 15 is 0 Å². The highest BCUT2D eigenvalue weighted by Gasteiger charge is 2.17. The van der Waals surface area contributed by atoms with Crippen molar-refractivity contribution in [2.75, 3.05) is 11.1 Å². The van der Waals surface area contributed by atoms with Crippen molar-refractivity contribution in [2.45, 2.75) is 18.6 Å². The Morgan fingerprint density at radius 2 is 2.00 bits per heavy atom. The zero-order chi connectivity index (χ0) is 22.5. The minimum Gasteiger partial charge on any atom is -0.360 e. The van der Waals surface area contributed by atoms with Gasteiger partial charge in [0.05, 0.1) is 29.1 Å². The fraction of sp³-hybridized carbons (Fsp3) is 0.136. The molecule has 2 aromatic carbocycles. The third-order valence-corrected chi connectivity index (χ3v) is 5.57. The summed E-state index contributed by atoms with van der Waals surface area (Å²) in [6.45, 7) is 2.25. The zero-order valence-electron chi connectivity index (χ0n) is 17.1. The summed E-state index contributed by atoms with van der Waals surface area (Å²) < 4.78 is 6.91. The molecule has 0 aliphatic heterocycles. The molecule has 9 nitrogen and oxygen atoms in total. The molecule has 0 saturated heterocycles. The van der Waals surface area contributed by atoms with Crippen LogP contribution in [0, 0.1) is 17.0 Å². The van der Waals surface area contributed by atoms with Crippen LogP contribution < -0.4 is 5.32 Å². The minimum atomic E-state index is -0.424. The van der Waals surface area contributed by atoms with Crippen LogP contribution in [0.4, 0.5) is 11.5 Å². The number of nitro groups is 1. The SMILES string of the molecule is Cc1cc(NC(=O)CSc2ncc(-c3cccc([N+](=O)[O-])c3)n2Cc2ccccc2)no1. The van der Waals surface area contributed by atoms with E-state index in [2.05, 4.69) is 15.5 Å². The lowest BCUT2D eigenvalue weighted by Gasteiger charge is -2.12. The predicted octanol–water partition coefficient (Wildman–Crippen LogP) is 4.53. The van der Waals surface area contributed by atoms with Gasteiger partial charge in [0.25, 0.3) is 5.69 Å². The van der Waals surface area contributed by atoms with Crippen molar-refractivity contribution < 1.29 is 14.2 Å². The molecule has 4 rings (SSSR count). The zero-order valence-corrected chi connectivity index (χ0v) is 17.9.